The predicted molar refractivity (Wildman–Crippen MR) is 150 cm³/mol. The Hall–Kier alpha value is -2.90. The predicted octanol–water partition coefficient (Wildman–Crippen LogP) is 5.95. The number of hydrogen-bond acceptors (Lipinski definition) is 3. The van der Waals surface area contributed by atoms with E-state index in [9.17, 15) is 9.59 Å². The number of para-hydroxylation sites is 1. The molecule has 1 heterocycles. The molecule has 0 atom stereocenters. The molecule has 6 nitrogen and oxygen atoms in total. The molecule has 0 fully saturated rings. The topological polar surface area (TPSA) is 92.9 Å². The molecular formula is C28H33Cl2N3O3. The molecule has 36 heavy (non-hydrogen) atoms. The molecule has 0 saturated heterocycles. The maximum Gasteiger partial charge on any atom is 0.257 e. The van der Waals surface area contributed by atoms with Crippen LogP contribution in [0.15, 0.2) is 72.8 Å². The number of anilines is 3. The summed E-state index contributed by atoms with van der Waals surface area (Å²) in [5.41, 5.74) is 3.64. The fourth-order valence-corrected chi connectivity index (χ4v) is 4.43. The first-order chi connectivity index (χ1) is 16.6. The summed E-state index contributed by atoms with van der Waals surface area (Å²) < 4.78 is 0. The van der Waals surface area contributed by atoms with E-state index in [1.807, 2.05) is 18.2 Å². The number of fused-ring (bicyclic) bond motifs is 2. The zero-order valence-electron chi connectivity index (χ0n) is 20.1. The van der Waals surface area contributed by atoms with Crippen molar-refractivity contribution in [1.82, 2.24) is 5.32 Å². The van der Waals surface area contributed by atoms with Crippen LogP contribution in [0.3, 0.4) is 0 Å². The first-order valence-electron chi connectivity index (χ1n) is 11.9. The van der Waals surface area contributed by atoms with Crippen molar-refractivity contribution in [2.75, 3.05) is 23.3 Å². The second-order valence-electron chi connectivity index (χ2n) is 8.51. The van der Waals surface area contributed by atoms with Crippen LogP contribution in [0.2, 0.25) is 5.02 Å². The highest BCUT2D eigenvalue weighted by Gasteiger charge is 2.28. The lowest BCUT2D eigenvalue weighted by Crippen LogP contribution is -2.26. The summed E-state index contributed by atoms with van der Waals surface area (Å²) in [7, 11) is 0. The molecule has 3 aromatic carbocycles. The van der Waals surface area contributed by atoms with Gasteiger partial charge in [0.15, 0.2) is 0 Å². The lowest BCUT2D eigenvalue weighted by Gasteiger charge is -2.24. The molecule has 2 amide bonds. The minimum atomic E-state index is -0.243. The minimum absolute atomic E-state index is 0. The van der Waals surface area contributed by atoms with Crippen molar-refractivity contribution in [2.45, 2.75) is 38.5 Å². The zero-order chi connectivity index (χ0) is 23.8. The molecule has 0 unspecified atom stereocenters. The van der Waals surface area contributed by atoms with Crippen molar-refractivity contribution >= 4 is 52.9 Å². The highest BCUT2D eigenvalue weighted by molar-refractivity contribution is 6.31. The molecule has 0 saturated carbocycles. The number of nitrogens with zero attached hydrogens (tertiary/aromatic N) is 1. The van der Waals surface area contributed by atoms with Crippen molar-refractivity contribution in [2.24, 2.45) is 0 Å². The molecular weight excluding hydrogens is 497 g/mol. The summed E-state index contributed by atoms with van der Waals surface area (Å²) in [6.07, 6.45) is 5.42. The number of aryl methyl sites for hydroxylation is 1. The van der Waals surface area contributed by atoms with Crippen LogP contribution in [0.4, 0.5) is 17.1 Å². The summed E-state index contributed by atoms with van der Waals surface area (Å²) >= 11 is 6.15. The molecule has 4 N–H and O–H groups in total. The number of amides is 2. The standard InChI is InChI=1S/C28H30ClN3O2.ClH.H2O/c29-22-16-17-26-24(20-22)31-28(34)23-13-6-7-14-25(23)32(26)27(33)15-5-2-8-18-30-19-9-12-21-10-3-1-4-11-21;;/h1,3-4,6-7,10-11,13-14,16-17,20,30H,2,5,8-9,12,15,18-19H2,(H,31,34);1H;1H2. The fraction of sp³-hybridized carbons (Fsp3) is 0.286. The molecule has 0 bridgehead atoms. The van der Waals surface area contributed by atoms with Crippen LogP contribution in [0, 0.1) is 0 Å². The first-order valence-corrected chi connectivity index (χ1v) is 12.3. The maximum absolute atomic E-state index is 13.3. The number of benzene rings is 3. The van der Waals surface area contributed by atoms with E-state index in [1.165, 1.54) is 5.56 Å². The Kier molecular flexibility index (Phi) is 11.9. The van der Waals surface area contributed by atoms with Gasteiger partial charge in [0.2, 0.25) is 5.91 Å². The summed E-state index contributed by atoms with van der Waals surface area (Å²) in [6, 6.07) is 22.9. The molecule has 0 aromatic heterocycles. The molecule has 3 aromatic rings. The van der Waals surface area contributed by atoms with Crippen LogP contribution in [0.5, 0.6) is 0 Å². The van der Waals surface area contributed by atoms with Gasteiger partial charge in [0.25, 0.3) is 5.91 Å². The van der Waals surface area contributed by atoms with Gasteiger partial charge in [-0.2, -0.15) is 0 Å². The largest absolute Gasteiger partial charge is 0.412 e. The Bertz CT molecular complexity index is 1140. The van der Waals surface area contributed by atoms with E-state index in [0.29, 0.717) is 34.1 Å². The number of rotatable bonds is 10. The second-order valence-corrected chi connectivity index (χ2v) is 8.95. The summed E-state index contributed by atoms with van der Waals surface area (Å²) in [6.45, 7) is 1.95. The van der Waals surface area contributed by atoms with Crippen molar-refractivity contribution < 1.29 is 15.1 Å². The first kappa shape index (κ1) is 29.3. The summed E-state index contributed by atoms with van der Waals surface area (Å²) in [5.74, 6) is -0.268. The number of unbranched alkanes of at least 4 members (excludes halogenated alkanes) is 2. The molecule has 1 aliphatic rings. The summed E-state index contributed by atoms with van der Waals surface area (Å²) in [5, 5.41) is 6.90. The van der Waals surface area contributed by atoms with Crippen molar-refractivity contribution in [1.29, 1.82) is 0 Å². The SMILES string of the molecule is Cl.O.O=C1Nc2cc(Cl)ccc2N(C(=O)CCCCCNCCCc2ccccc2)c2ccccc21. The van der Waals surface area contributed by atoms with E-state index in [2.05, 4.69) is 34.9 Å². The molecule has 4 rings (SSSR count). The van der Waals surface area contributed by atoms with Gasteiger partial charge in [-0.25, -0.2) is 0 Å². The fourth-order valence-electron chi connectivity index (χ4n) is 4.25. The number of carbonyl (C=O) groups is 2. The lowest BCUT2D eigenvalue weighted by atomic mass is 10.1. The number of nitrogens with one attached hydrogen (secondary N) is 2. The highest BCUT2D eigenvalue weighted by Crippen LogP contribution is 2.39. The Morgan fingerprint density at radius 3 is 2.39 bits per heavy atom. The van der Waals surface area contributed by atoms with Gasteiger partial charge in [-0.1, -0.05) is 60.5 Å². The van der Waals surface area contributed by atoms with Crippen LogP contribution < -0.4 is 15.5 Å². The van der Waals surface area contributed by atoms with E-state index < -0.39 is 0 Å². The maximum atomic E-state index is 13.3. The average molecular weight is 530 g/mol. The van der Waals surface area contributed by atoms with Crippen LogP contribution in [0.25, 0.3) is 0 Å². The normalized spacial score (nSPS) is 11.8. The van der Waals surface area contributed by atoms with E-state index in [4.69, 9.17) is 11.6 Å². The molecule has 8 heteroatoms. The Morgan fingerprint density at radius 1 is 0.861 bits per heavy atom. The lowest BCUT2D eigenvalue weighted by molar-refractivity contribution is -0.118. The average Bonchev–Trinajstić information content (AvgIpc) is 2.97. The van der Waals surface area contributed by atoms with Crippen molar-refractivity contribution in [3.63, 3.8) is 0 Å². The van der Waals surface area contributed by atoms with Crippen LogP contribution in [-0.4, -0.2) is 30.4 Å². The monoisotopic (exact) mass is 529 g/mol. The Labute approximate surface area is 223 Å². The molecule has 1 aliphatic heterocycles. The van der Waals surface area contributed by atoms with Crippen LogP contribution in [-0.2, 0) is 11.2 Å². The van der Waals surface area contributed by atoms with Gasteiger partial charge in [0, 0.05) is 11.4 Å². The van der Waals surface area contributed by atoms with E-state index in [0.717, 1.165) is 45.2 Å². The van der Waals surface area contributed by atoms with Gasteiger partial charge >= 0.3 is 0 Å². The van der Waals surface area contributed by atoms with Crippen molar-refractivity contribution in [3.05, 3.63) is 88.9 Å². The molecule has 0 spiro atoms. The van der Waals surface area contributed by atoms with Gasteiger partial charge in [-0.15, -0.1) is 12.4 Å². The minimum Gasteiger partial charge on any atom is -0.412 e. The third kappa shape index (κ3) is 7.55. The number of halogens is 2. The Balaban J connectivity index is 0.00000228. The van der Waals surface area contributed by atoms with Gasteiger partial charge in [-0.05, 0) is 74.7 Å². The second kappa shape index (κ2) is 14.6. The third-order valence-corrected chi connectivity index (χ3v) is 6.23. The number of carbonyl (C=O) groups excluding carboxylic acids is 2. The van der Waals surface area contributed by atoms with Crippen molar-refractivity contribution in [3.8, 4) is 0 Å². The van der Waals surface area contributed by atoms with E-state index in [1.54, 1.807) is 35.2 Å². The van der Waals surface area contributed by atoms with Gasteiger partial charge in [0.05, 0.1) is 22.6 Å². The highest BCUT2D eigenvalue weighted by atomic mass is 35.5. The Morgan fingerprint density at radius 2 is 1.58 bits per heavy atom. The molecule has 192 valence electrons. The molecule has 0 aliphatic carbocycles. The number of hydrogen-bond donors (Lipinski definition) is 2. The van der Waals surface area contributed by atoms with Gasteiger partial charge in [-0.3, -0.25) is 14.5 Å². The zero-order valence-corrected chi connectivity index (χ0v) is 21.7. The van der Waals surface area contributed by atoms with Crippen LogP contribution in [0.1, 0.15) is 48.0 Å². The smallest absolute Gasteiger partial charge is 0.257 e. The third-order valence-electron chi connectivity index (χ3n) is 5.99. The van der Waals surface area contributed by atoms with Crippen LogP contribution >= 0.6 is 24.0 Å². The van der Waals surface area contributed by atoms with Gasteiger partial charge in [0.1, 0.15) is 0 Å². The van der Waals surface area contributed by atoms with Gasteiger partial charge < -0.3 is 16.1 Å². The molecule has 0 radical (unpaired) electrons. The quantitative estimate of drug-likeness (QED) is 0.317. The van der Waals surface area contributed by atoms with E-state index >= 15 is 0 Å². The summed E-state index contributed by atoms with van der Waals surface area (Å²) in [4.78, 5) is 27.7. The van der Waals surface area contributed by atoms with E-state index in [-0.39, 0.29) is 29.7 Å².